The molecule has 0 spiro atoms. The van der Waals surface area contributed by atoms with Gasteiger partial charge in [-0.15, -0.1) is 0 Å². The van der Waals surface area contributed by atoms with Gasteiger partial charge in [0.25, 0.3) is 0 Å². The lowest BCUT2D eigenvalue weighted by atomic mass is 9.86. The summed E-state index contributed by atoms with van der Waals surface area (Å²) in [4.78, 5) is 0. The van der Waals surface area contributed by atoms with Crippen LogP contribution in [0.5, 0.6) is 23.5 Å². The second-order valence-corrected chi connectivity index (χ2v) is 10.8. The summed E-state index contributed by atoms with van der Waals surface area (Å²) in [6.07, 6.45) is 0. The van der Waals surface area contributed by atoms with E-state index in [9.17, 15) is 37.3 Å². The van der Waals surface area contributed by atoms with E-state index < -0.39 is 54.3 Å². The lowest BCUT2D eigenvalue weighted by Crippen LogP contribution is -2.27. The molecule has 12 nitrogen and oxygen atoms in total. The lowest BCUT2D eigenvalue weighted by Gasteiger charge is -2.13. The van der Waals surface area contributed by atoms with Gasteiger partial charge in [-0.25, -0.2) is 0 Å². The Hall–Kier alpha value is -2.74. The van der Waals surface area contributed by atoms with E-state index in [1.165, 1.54) is 27.7 Å². The minimum atomic E-state index is -4.20. The van der Waals surface area contributed by atoms with Gasteiger partial charge in [0.15, 0.2) is 0 Å². The van der Waals surface area contributed by atoms with Gasteiger partial charge in [-0.3, -0.25) is 8.57 Å². The van der Waals surface area contributed by atoms with Crippen LogP contribution in [0.1, 0.15) is 27.7 Å². The van der Waals surface area contributed by atoms with E-state index in [1.807, 2.05) is 0 Å². The zero-order chi connectivity index (χ0) is 21.3. The minimum absolute atomic E-state index is 0.231. The van der Waals surface area contributed by atoms with Gasteiger partial charge in [0.05, 0.1) is 32.8 Å². The van der Waals surface area contributed by atoms with Crippen LogP contribution in [0, 0.1) is 0 Å². The third-order valence-corrected chi connectivity index (χ3v) is 7.20. The number of fused-ring (bicyclic) bond motifs is 4. The summed E-state index contributed by atoms with van der Waals surface area (Å²) in [6, 6.07) is 0. The minimum Gasteiger partial charge on any atom is -0.492 e. The molecule has 0 atom stereocenters. The van der Waals surface area contributed by atoms with Crippen LogP contribution in [0.25, 0.3) is 22.3 Å². The molecule has 2 aromatic rings. The SMILES string of the molecule is CC(C)S(=O)(=O)On1c(O)c2c(c1O)-c1c-2c(O)n(OS(=O)(=O)C(C)C)c1O. The van der Waals surface area contributed by atoms with Crippen molar-refractivity contribution in [3.63, 3.8) is 0 Å². The van der Waals surface area contributed by atoms with E-state index >= 15 is 0 Å². The molecular weight excluding hydrogens is 420 g/mol. The smallest absolute Gasteiger partial charge is 0.329 e. The maximum atomic E-state index is 11.9. The maximum absolute atomic E-state index is 11.9. The first-order chi connectivity index (χ1) is 12.7. The van der Waals surface area contributed by atoms with E-state index in [0.717, 1.165) is 0 Å². The van der Waals surface area contributed by atoms with Crippen molar-refractivity contribution < 1.29 is 45.8 Å². The Morgan fingerprint density at radius 1 is 0.607 bits per heavy atom. The highest BCUT2D eigenvalue weighted by Gasteiger charge is 2.46. The van der Waals surface area contributed by atoms with Crippen LogP contribution in [0.3, 0.4) is 0 Å². The van der Waals surface area contributed by atoms with Crippen molar-refractivity contribution in [3.05, 3.63) is 0 Å². The van der Waals surface area contributed by atoms with Crippen LogP contribution in [0.2, 0.25) is 0 Å². The van der Waals surface area contributed by atoms with Gasteiger partial charge in [0.1, 0.15) is 0 Å². The Balaban J connectivity index is 2.12. The molecule has 0 aliphatic heterocycles. The van der Waals surface area contributed by atoms with Gasteiger partial charge in [0, 0.05) is 0 Å². The molecule has 2 heterocycles. The second-order valence-electron chi connectivity index (χ2n) is 6.62. The van der Waals surface area contributed by atoms with Crippen LogP contribution in [0.4, 0.5) is 0 Å². The number of aromatic hydroxyl groups is 4. The lowest BCUT2D eigenvalue weighted by molar-refractivity contribution is 0.199. The van der Waals surface area contributed by atoms with Gasteiger partial charge in [-0.05, 0) is 27.7 Å². The summed E-state index contributed by atoms with van der Waals surface area (Å²) in [7, 11) is -8.39. The van der Waals surface area contributed by atoms with Crippen LogP contribution in [-0.2, 0) is 20.2 Å². The van der Waals surface area contributed by atoms with Crippen molar-refractivity contribution in [2.24, 2.45) is 0 Å². The van der Waals surface area contributed by atoms with Crippen molar-refractivity contribution >= 4 is 20.2 Å². The number of nitrogens with zero attached hydrogens (tertiary/aromatic N) is 2. The molecule has 156 valence electrons. The first kappa shape index (κ1) is 20.0. The first-order valence-corrected chi connectivity index (χ1v) is 10.9. The largest absolute Gasteiger partial charge is 0.492 e. The van der Waals surface area contributed by atoms with Crippen LogP contribution in [-0.4, -0.2) is 57.2 Å². The van der Waals surface area contributed by atoms with Crippen molar-refractivity contribution in [2.45, 2.75) is 38.2 Å². The molecular formula is C14H18N2O10S2. The fraction of sp³-hybridized carbons (Fsp3) is 0.429. The summed E-state index contributed by atoms with van der Waals surface area (Å²) >= 11 is 0. The Bertz CT molecular complexity index is 1030. The van der Waals surface area contributed by atoms with E-state index in [-0.39, 0.29) is 31.7 Å². The van der Waals surface area contributed by atoms with E-state index in [4.69, 9.17) is 0 Å². The van der Waals surface area contributed by atoms with Crippen molar-refractivity contribution in [3.8, 4) is 45.8 Å². The Morgan fingerprint density at radius 3 is 1.00 bits per heavy atom. The third kappa shape index (κ3) is 2.55. The van der Waals surface area contributed by atoms with Gasteiger partial charge < -0.3 is 20.4 Å². The molecule has 2 aromatic heterocycles. The summed E-state index contributed by atoms with van der Waals surface area (Å²) < 4.78 is 57.5. The van der Waals surface area contributed by atoms with Crippen molar-refractivity contribution in [1.29, 1.82) is 0 Å². The van der Waals surface area contributed by atoms with Crippen molar-refractivity contribution in [1.82, 2.24) is 9.46 Å². The molecule has 14 heteroatoms. The standard InChI is InChI=1S/C14H18N2O10S2/c1-5(2)27(21,22)25-15-11(17)7-8(12(15)18)10-9(7)13(19)16(14(10)20)26-28(23,24)6(3)4/h5-6,17-20H,1-4H3. The number of hydrogen-bond acceptors (Lipinski definition) is 10. The van der Waals surface area contributed by atoms with Crippen LogP contribution in [0.15, 0.2) is 0 Å². The van der Waals surface area contributed by atoms with Gasteiger partial charge in [0.2, 0.25) is 23.5 Å². The van der Waals surface area contributed by atoms with Gasteiger partial charge >= 0.3 is 20.2 Å². The summed E-state index contributed by atoms with van der Waals surface area (Å²) in [5.41, 5.74) is -0.987. The van der Waals surface area contributed by atoms with Crippen molar-refractivity contribution in [2.75, 3.05) is 0 Å². The van der Waals surface area contributed by atoms with Gasteiger partial charge in [-0.2, -0.15) is 16.8 Å². The van der Waals surface area contributed by atoms with E-state index in [1.54, 1.807) is 0 Å². The number of hydrogen-bond donors (Lipinski definition) is 4. The van der Waals surface area contributed by atoms with Crippen LogP contribution < -0.4 is 8.57 Å². The maximum Gasteiger partial charge on any atom is 0.329 e. The second kappa shape index (κ2) is 5.88. The molecule has 0 aromatic carbocycles. The fourth-order valence-corrected chi connectivity index (χ4v) is 3.50. The molecule has 1 aliphatic rings. The molecule has 1 aliphatic carbocycles. The molecule has 28 heavy (non-hydrogen) atoms. The Morgan fingerprint density at radius 2 is 0.821 bits per heavy atom. The Kier molecular flexibility index (Phi) is 4.20. The molecule has 0 saturated heterocycles. The first-order valence-electron chi connectivity index (χ1n) is 7.93. The van der Waals surface area contributed by atoms with E-state index in [0.29, 0.717) is 0 Å². The molecule has 0 fully saturated rings. The summed E-state index contributed by atoms with van der Waals surface area (Å²) in [5, 5.41) is 39.0. The predicted octanol–water partition coefficient (Wildman–Crippen LogP) is 0.0930. The zero-order valence-electron chi connectivity index (χ0n) is 15.1. The predicted molar refractivity (Wildman–Crippen MR) is 94.8 cm³/mol. The third-order valence-electron chi connectivity index (χ3n) is 4.18. The average Bonchev–Trinajstić information content (AvgIpc) is 2.84. The topological polar surface area (TPSA) is 178 Å². The molecule has 0 radical (unpaired) electrons. The summed E-state index contributed by atoms with van der Waals surface area (Å²) in [5.74, 6) is -3.49. The number of rotatable bonds is 6. The van der Waals surface area contributed by atoms with Gasteiger partial charge in [-0.1, -0.05) is 9.46 Å². The quantitative estimate of drug-likeness (QED) is 0.412. The normalized spacial score (nSPS) is 13.4. The van der Waals surface area contributed by atoms with Crippen LogP contribution >= 0.6 is 0 Å². The highest BCUT2D eigenvalue weighted by Crippen LogP contribution is 2.64. The monoisotopic (exact) mass is 438 g/mol. The fourth-order valence-electron chi connectivity index (χ4n) is 2.46. The Labute approximate surface area is 159 Å². The highest BCUT2D eigenvalue weighted by molar-refractivity contribution is 7.87. The van der Waals surface area contributed by atoms with E-state index in [2.05, 4.69) is 8.57 Å². The molecule has 3 rings (SSSR count). The molecule has 0 bridgehead atoms. The zero-order valence-corrected chi connectivity index (χ0v) is 16.7. The number of aromatic nitrogens is 2. The average molecular weight is 438 g/mol. The molecule has 0 unspecified atom stereocenters. The highest BCUT2D eigenvalue weighted by atomic mass is 32.2. The molecule has 0 amide bonds. The molecule has 0 saturated carbocycles. The molecule has 4 N–H and O–H groups in total. The summed E-state index contributed by atoms with van der Waals surface area (Å²) in [6.45, 7) is 5.26.